The fraction of sp³-hybridized carbons (Fsp3) is 0. The molecule has 1 aromatic heterocycles. The van der Waals surface area contributed by atoms with E-state index in [4.69, 9.17) is 17.3 Å². The second-order valence-corrected chi connectivity index (χ2v) is 4.19. The molecule has 0 saturated carbocycles. The Labute approximate surface area is 103 Å². The number of hydrogen-bond acceptors (Lipinski definition) is 2. The first-order valence-corrected chi connectivity index (χ1v) is 5.62. The summed E-state index contributed by atoms with van der Waals surface area (Å²) in [4.78, 5) is 0. The van der Waals surface area contributed by atoms with Gasteiger partial charge in [0.2, 0.25) is 0 Å². The molecule has 0 radical (unpaired) electrons. The molecule has 3 aromatic rings. The molecule has 0 aliphatic heterocycles. The van der Waals surface area contributed by atoms with Crippen LogP contribution in [0.1, 0.15) is 0 Å². The summed E-state index contributed by atoms with van der Waals surface area (Å²) in [6, 6.07) is 13.6. The quantitative estimate of drug-likeness (QED) is 0.667. The lowest BCUT2D eigenvalue weighted by Gasteiger charge is -2.04. The van der Waals surface area contributed by atoms with Crippen LogP contribution >= 0.6 is 11.6 Å². The van der Waals surface area contributed by atoms with E-state index < -0.39 is 0 Å². The average molecular weight is 244 g/mol. The number of hydrogen-bond donors (Lipinski definition) is 1. The van der Waals surface area contributed by atoms with Gasteiger partial charge in [-0.3, -0.25) is 0 Å². The number of rotatable bonds is 1. The molecule has 2 aromatic carbocycles. The van der Waals surface area contributed by atoms with E-state index in [0.717, 1.165) is 16.6 Å². The number of nitrogens with two attached hydrogens (primary N) is 1. The van der Waals surface area contributed by atoms with Crippen molar-refractivity contribution in [3.05, 3.63) is 53.7 Å². The zero-order valence-corrected chi connectivity index (χ0v) is 9.72. The molecule has 0 aliphatic rings. The molecule has 0 atom stereocenters. The molecule has 2 N–H and O–H groups in total. The van der Waals surface area contributed by atoms with Crippen LogP contribution in [0.25, 0.3) is 16.6 Å². The molecule has 3 rings (SSSR count). The highest BCUT2D eigenvalue weighted by Crippen LogP contribution is 2.29. The SMILES string of the molecule is Nc1c(Cl)ccc2c1cnn2-c1ccccc1. The number of fused-ring (bicyclic) bond motifs is 1. The normalized spacial score (nSPS) is 10.9. The van der Waals surface area contributed by atoms with Gasteiger partial charge < -0.3 is 5.73 Å². The molecular weight excluding hydrogens is 234 g/mol. The van der Waals surface area contributed by atoms with Gasteiger partial charge in [-0.15, -0.1) is 0 Å². The average Bonchev–Trinajstić information content (AvgIpc) is 2.79. The molecule has 4 heteroatoms. The minimum atomic E-state index is 0.560. The third kappa shape index (κ3) is 1.56. The number of nitrogen functional groups attached to an aromatic ring is 1. The summed E-state index contributed by atoms with van der Waals surface area (Å²) in [5, 5.41) is 5.78. The number of para-hydroxylation sites is 1. The molecule has 0 spiro atoms. The molecule has 0 fully saturated rings. The van der Waals surface area contributed by atoms with Crippen molar-refractivity contribution in [2.24, 2.45) is 0 Å². The molecule has 0 unspecified atom stereocenters. The van der Waals surface area contributed by atoms with Crippen LogP contribution in [0.5, 0.6) is 0 Å². The van der Waals surface area contributed by atoms with Gasteiger partial charge in [0.1, 0.15) is 0 Å². The van der Waals surface area contributed by atoms with E-state index in [9.17, 15) is 0 Å². The highest BCUT2D eigenvalue weighted by Gasteiger charge is 2.08. The van der Waals surface area contributed by atoms with E-state index in [2.05, 4.69) is 5.10 Å². The second-order valence-electron chi connectivity index (χ2n) is 3.79. The van der Waals surface area contributed by atoms with Crippen LogP contribution in [0.15, 0.2) is 48.7 Å². The molecule has 17 heavy (non-hydrogen) atoms. The van der Waals surface area contributed by atoms with Crippen LogP contribution < -0.4 is 5.73 Å². The number of benzene rings is 2. The van der Waals surface area contributed by atoms with Gasteiger partial charge >= 0.3 is 0 Å². The molecule has 0 saturated heterocycles. The lowest BCUT2D eigenvalue weighted by molar-refractivity contribution is 0.911. The number of anilines is 1. The van der Waals surface area contributed by atoms with Crippen molar-refractivity contribution < 1.29 is 0 Å². The van der Waals surface area contributed by atoms with Crippen LogP contribution in [-0.4, -0.2) is 9.78 Å². The molecule has 1 heterocycles. The lowest BCUT2D eigenvalue weighted by Crippen LogP contribution is -1.95. The Morgan fingerprint density at radius 3 is 2.59 bits per heavy atom. The van der Waals surface area contributed by atoms with Crippen molar-refractivity contribution in [2.45, 2.75) is 0 Å². The Kier molecular flexibility index (Phi) is 2.27. The molecule has 84 valence electrons. The van der Waals surface area contributed by atoms with Crippen LogP contribution in [-0.2, 0) is 0 Å². The van der Waals surface area contributed by atoms with Crippen LogP contribution in [0.2, 0.25) is 5.02 Å². The summed E-state index contributed by atoms with van der Waals surface area (Å²) >= 11 is 5.98. The van der Waals surface area contributed by atoms with Crippen LogP contribution in [0.4, 0.5) is 5.69 Å². The number of aromatic nitrogens is 2. The summed E-state index contributed by atoms with van der Waals surface area (Å²) in [7, 11) is 0. The maximum Gasteiger partial charge on any atom is 0.0762 e. The van der Waals surface area contributed by atoms with Gasteiger partial charge in [-0.05, 0) is 24.3 Å². The Balaban J connectivity index is 2.30. The summed E-state index contributed by atoms with van der Waals surface area (Å²) in [6.07, 6.45) is 1.74. The minimum Gasteiger partial charge on any atom is -0.397 e. The van der Waals surface area contributed by atoms with Gasteiger partial charge in [-0.25, -0.2) is 4.68 Å². The largest absolute Gasteiger partial charge is 0.397 e. The smallest absolute Gasteiger partial charge is 0.0762 e. The van der Waals surface area contributed by atoms with Crippen LogP contribution in [0.3, 0.4) is 0 Å². The van der Waals surface area contributed by atoms with Crippen molar-refractivity contribution in [1.29, 1.82) is 0 Å². The van der Waals surface area contributed by atoms with E-state index >= 15 is 0 Å². The first kappa shape index (κ1) is 10.2. The van der Waals surface area contributed by atoms with E-state index in [1.807, 2.05) is 41.1 Å². The summed E-state index contributed by atoms with van der Waals surface area (Å²) < 4.78 is 1.85. The summed E-state index contributed by atoms with van der Waals surface area (Å²) in [6.45, 7) is 0. The zero-order chi connectivity index (χ0) is 11.8. The van der Waals surface area contributed by atoms with Crippen molar-refractivity contribution in [3.63, 3.8) is 0 Å². The molecule has 0 bridgehead atoms. The zero-order valence-electron chi connectivity index (χ0n) is 8.97. The van der Waals surface area contributed by atoms with E-state index in [0.29, 0.717) is 10.7 Å². The monoisotopic (exact) mass is 243 g/mol. The van der Waals surface area contributed by atoms with E-state index in [1.165, 1.54) is 0 Å². The Morgan fingerprint density at radius 1 is 1.06 bits per heavy atom. The van der Waals surface area contributed by atoms with Gasteiger partial charge in [-0.1, -0.05) is 29.8 Å². The predicted molar refractivity (Wildman–Crippen MR) is 70.5 cm³/mol. The van der Waals surface area contributed by atoms with Gasteiger partial charge in [-0.2, -0.15) is 5.10 Å². The summed E-state index contributed by atoms with van der Waals surface area (Å²) in [5.74, 6) is 0. The summed E-state index contributed by atoms with van der Waals surface area (Å²) in [5.41, 5.74) is 8.46. The molecule has 3 nitrogen and oxygen atoms in total. The van der Waals surface area contributed by atoms with Gasteiger partial charge in [0.25, 0.3) is 0 Å². The highest BCUT2D eigenvalue weighted by atomic mass is 35.5. The van der Waals surface area contributed by atoms with Gasteiger partial charge in [0, 0.05) is 5.39 Å². The first-order chi connectivity index (χ1) is 8.27. The maximum absolute atomic E-state index is 5.98. The third-order valence-electron chi connectivity index (χ3n) is 2.74. The highest BCUT2D eigenvalue weighted by molar-refractivity contribution is 6.34. The Hall–Kier alpha value is -2.00. The standard InChI is InChI=1S/C13H10ClN3/c14-11-6-7-12-10(13(11)15)8-16-17(12)9-4-2-1-3-5-9/h1-8H,15H2. The fourth-order valence-corrected chi connectivity index (χ4v) is 2.04. The van der Waals surface area contributed by atoms with Crippen LogP contribution in [0, 0.1) is 0 Å². The lowest BCUT2D eigenvalue weighted by atomic mass is 10.2. The maximum atomic E-state index is 5.98. The Morgan fingerprint density at radius 2 is 1.82 bits per heavy atom. The van der Waals surface area contributed by atoms with Gasteiger partial charge in [0.05, 0.1) is 28.1 Å². The fourth-order valence-electron chi connectivity index (χ4n) is 1.87. The van der Waals surface area contributed by atoms with E-state index in [1.54, 1.807) is 12.3 Å². The molecule has 0 aliphatic carbocycles. The predicted octanol–water partition coefficient (Wildman–Crippen LogP) is 3.26. The second kappa shape index (κ2) is 3.79. The molecule has 0 amide bonds. The van der Waals surface area contributed by atoms with Crippen molar-refractivity contribution in [2.75, 3.05) is 5.73 Å². The molecular formula is C13H10ClN3. The Bertz CT molecular complexity index is 674. The van der Waals surface area contributed by atoms with E-state index in [-0.39, 0.29) is 0 Å². The topological polar surface area (TPSA) is 43.8 Å². The van der Waals surface area contributed by atoms with Crippen molar-refractivity contribution in [3.8, 4) is 5.69 Å². The van der Waals surface area contributed by atoms with Crippen molar-refractivity contribution in [1.82, 2.24) is 9.78 Å². The number of nitrogens with zero attached hydrogens (tertiary/aromatic N) is 2. The van der Waals surface area contributed by atoms with Gasteiger partial charge in [0.15, 0.2) is 0 Å². The number of halogens is 1. The third-order valence-corrected chi connectivity index (χ3v) is 3.07. The first-order valence-electron chi connectivity index (χ1n) is 5.24. The van der Waals surface area contributed by atoms with Crippen molar-refractivity contribution >= 4 is 28.2 Å². The minimum absolute atomic E-state index is 0.560.